The van der Waals surface area contributed by atoms with Gasteiger partial charge in [0, 0.05) is 23.5 Å². The molecule has 2 aromatic rings. The van der Waals surface area contributed by atoms with Crippen molar-refractivity contribution in [3.8, 4) is 0 Å². The van der Waals surface area contributed by atoms with Crippen LogP contribution in [0.15, 0.2) is 30.5 Å². The van der Waals surface area contributed by atoms with Crippen molar-refractivity contribution in [2.75, 3.05) is 0 Å². The first kappa shape index (κ1) is 18.0. The van der Waals surface area contributed by atoms with Crippen LogP contribution in [0.1, 0.15) is 39.7 Å². The average Bonchev–Trinajstić information content (AvgIpc) is 2.89. The van der Waals surface area contributed by atoms with Crippen LogP contribution in [0, 0.1) is 0 Å². The molecule has 3 N–H and O–H groups in total. The van der Waals surface area contributed by atoms with E-state index in [1.807, 2.05) is 37.4 Å². The maximum absolute atomic E-state index is 12.3. The molecule has 1 heterocycles. The van der Waals surface area contributed by atoms with Crippen LogP contribution in [-0.4, -0.2) is 28.2 Å². The molecule has 1 aromatic heterocycles. The number of ether oxygens (including phenoxy) is 2. The minimum absolute atomic E-state index is 0.236. The summed E-state index contributed by atoms with van der Waals surface area (Å²) in [5, 5.41) is 0.983. The smallest absolute Gasteiger partial charge is 0.428 e. The van der Waals surface area contributed by atoms with Gasteiger partial charge in [-0.05, 0) is 38.8 Å². The van der Waals surface area contributed by atoms with Crippen molar-refractivity contribution in [1.82, 2.24) is 4.98 Å². The Morgan fingerprint density at radius 2 is 1.88 bits per heavy atom. The number of nitrogens with one attached hydrogen (secondary N) is 1. The van der Waals surface area contributed by atoms with Crippen LogP contribution in [0.25, 0.3) is 10.9 Å². The number of fused-ring (bicyclic) bond motifs is 1. The quantitative estimate of drug-likeness (QED) is 0.647. The Bertz CT molecular complexity index is 746. The molecule has 0 bridgehead atoms. The molecule has 6 heteroatoms. The number of benzene rings is 1. The van der Waals surface area contributed by atoms with Crippen molar-refractivity contribution in [2.24, 2.45) is 5.73 Å². The summed E-state index contributed by atoms with van der Waals surface area (Å²) in [4.78, 5) is 27.1. The molecular formula is C18H24N2O4. The van der Waals surface area contributed by atoms with E-state index in [2.05, 4.69) is 4.98 Å². The Hall–Kier alpha value is -2.34. The van der Waals surface area contributed by atoms with Gasteiger partial charge in [0.2, 0.25) is 0 Å². The molecule has 0 spiro atoms. The number of aromatic amines is 1. The monoisotopic (exact) mass is 332 g/mol. The highest BCUT2D eigenvalue weighted by molar-refractivity contribution is 5.90. The predicted molar refractivity (Wildman–Crippen MR) is 91.5 cm³/mol. The van der Waals surface area contributed by atoms with Crippen molar-refractivity contribution in [3.63, 3.8) is 0 Å². The molecule has 0 unspecified atom stereocenters. The molecule has 0 aliphatic rings. The van der Waals surface area contributed by atoms with Gasteiger partial charge in [-0.3, -0.25) is 0 Å². The van der Waals surface area contributed by atoms with Crippen LogP contribution in [0.4, 0.5) is 4.79 Å². The second-order valence-corrected chi connectivity index (χ2v) is 6.81. The molecule has 6 nitrogen and oxygen atoms in total. The van der Waals surface area contributed by atoms with Gasteiger partial charge in [0.1, 0.15) is 11.1 Å². The summed E-state index contributed by atoms with van der Waals surface area (Å²) in [5.74, 6) is -0.815. The van der Waals surface area contributed by atoms with Crippen molar-refractivity contribution >= 4 is 23.0 Å². The lowest BCUT2D eigenvalue weighted by molar-refractivity contribution is -0.147. The molecule has 24 heavy (non-hydrogen) atoms. The molecular weight excluding hydrogens is 308 g/mol. The van der Waals surface area contributed by atoms with E-state index in [0.717, 1.165) is 16.5 Å². The van der Waals surface area contributed by atoms with Gasteiger partial charge in [0.25, 0.3) is 0 Å². The fourth-order valence-electron chi connectivity index (χ4n) is 2.26. The third-order valence-electron chi connectivity index (χ3n) is 4.09. The zero-order valence-corrected chi connectivity index (χ0v) is 14.5. The zero-order valence-electron chi connectivity index (χ0n) is 14.5. The predicted octanol–water partition coefficient (Wildman–Crippen LogP) is 3.30. The number of carbonyl (C=O) groups excluding carboxylic acids is 2. The first-order valence-corrected chi connectivity index (χ1v) is 7.94. The van der Waals surface area contributed by atoms with E-state index < -0.39 is 23.3 Å². The number of nitrogens with two attached hydrogens (primary N) is 1. The van der Waals surface area contributed by atoms with Gasteiger partial charge in [0.15, 0.2) is 0 Å². The summed E-state index contributed by atoms with van der Waals surface area (Å²) in [6.45, 7) is 6.90. The van der Waals surface area contributed by atoms with Gasteiger partial charge in [-0.15, -0.1) is 0 Å². The molecule has 1 aromatic carbocycles. The molecule has 0 aliphatic carbocycles. The van der Waals surface area contributed by atoms with Crippen LogP contribution in [-0.2, 0) is 20.7 Å². The highest BCUT2D eigenvalue weighted by Crippen LogP contribution is 2.22. The topological polar surface area (TPSA) is 94.4 Å². The van der Waals surface area contributed by atoms with Crippen LogP contribution in [0.3, 0.4) is 0 Å². The lowest BCUT2D eigenvalue weighted by atomic mass is 9.94. The van der Waals surface area contributed by atoms with E-state index >= 15 is 0 Å². The van der Waals surface area contributed by atoms with Gasteiger partial charge in [-0.2, -0.15) is 0 Å². The highest BCUT2D eigenvalue weighted by Gasteiger charge is 2.34. The Kier molecular flexibility index (Phi) is 4.99. The number of esters is 1. The van der Waals surface area contributed by atoms with E-state index in [9.17, 15) is 9.59 Å². The molecule has 0 fully saturated rings. The molecule has 2 rings (SSSR count). The van der Waals surface area contributed by atoms with Gasteiger partial charge in [-0.25, -0.2) is 9.59 Å². The van der Waals surface area contributed by atoms with Crippen LogP contribution in [0.5, 0.6) is 0 Å². The fraction of sp³-hybridized carbons (Fsp3) is 0.444. The lowest BCUT2D eigenvalue weighted by Crippen LogP contribution is -2.49. The summed E-state index contributed by atoms with van der Waals surface area (Å²) in [6, 6.07) is 7.72. The second kappa shape index (κ2) is 6.65. The molecule has 130 valence electrons. The fourth-order valence-corrected chi connectivity index (χ4v) is 2.26. The normalized spacial score (nSPS) is 14.2. The third-order valence-corrected chi connectivity index (χ3v) is 4.09. The minimum atomic E-state index is -1.35. The molecule has 0 radical (unpaired) electrons. The first-order chi connectivity index (χ1) is 11.1. The minimum Gasteiger partial charge on any atom is -0.428 e. The number of H-pyrrole nitrogens is 1. The molecule has 0 amide bonds. The summed E-state index contributed by atoms with van der Waals surface area (Å²) in [6.07, 6.45) is 1.62. The van der Waals surface area contributed by atoms with Gasteiger partial charge in [-0.1, -0.05) is 25.1 Å². The Balaban J connectivity index is 2.06. The number of hydrogen-bond donors (Lipinski definition) is 2. The van der Waals surface area contributed by atoms with Crippen LogP contribution < -0.4 is 5.73 Å². The highest BCUT2D eigenvalue weighted by atomic mass is 16.7. The third kappa shape index (κ3) is 4.14. The largest absolute Gasteiger partial charge is 0.516 e. The Morgan fingerprint density at radius 1 is 1.21 bits per heavy atom. The Labute approximate surface area is 141 Å². The maximum Gasteiger partial charge on any atom is 0.516 e. The molecule has 0 aliphatic heterocycles. The average molecular weight is 332 g/mol. The van der Waals surface area contributed by atoms with Crippen molar-refractivity contribution in [1.29, 1.82) is 0 Å². The van der Waals surface area contributed by atoms with Crippen molar-refractivity contribution in [3.05, 3.63) is 36.0 Å². The number of rotatable bonds is 5. The van der Waals surface area contributed by atoms with E-state index in [1.165, 1.54) is 6.92 Å². The van der Waals surface area contributed by atoms with Crippen molar-refractivity contribution < 1.29 is 19.1 Å². The summed E-state index contributed by atoms with van der Waals surface area (Å²) in [7, 11) is 0. The number of para-hydroxylation sites is 1. The summed E-state index contributed by atoms with van der Waals surface area (Å²) in [5.41, 5.74) is 5.89. The van der Waals surface area contributed by atoms with Crippen LogP contribution >= 0.6 is 0 Å². The standard InChI is InChI=1S/C18H24N2O4/c1-5-17(2,3)24-16(22)23-15(21)18(4,19)10-12-11-20-14-9-7-6-8-13(12)14/h6-9,11,20H,5,10,19H2,1-4H3/t18-/m0/s1. The SMILES string of the molecule is CCC(C)(C)OC(=O)OC(=O)[C@@](C)(N)Cc1c[nH]c2ccccc12. The van der Waals surface area contributed by atoms with Gasteiger partial charge < -0.3 is 20.2 Å². The maximum atomic E-state index is 12.3. The van der Waals surface area contributed by atoms with Gasteiger partial charge in [0.05, 0.1) is 0 Å². The molecule has 0 saturated heterocycles. The van der Waals surface area contributed by atoms with Crippen molar-refractivity contribution in [2.45, 2.75) is 51.7 Å². The lowest BCUT2D eigenvalue weighted by Gasteiger charge is -2.25. The Morgan fingerprint density at radius 3 is 2.54 bits per heavy atom. The number of hydrogen-bond acceptors (Lipinski definition) is 5. The van der Waals surface area contributed by atoms with E-state index in [0.29, 0.717) is 6.42 Å². The second-order valence-electron chi connectivity index (χ2n) is 6.81. The number of aromatic nitrogens is 1. The summed E-state index contributed by atoms with van der Waals surface area (Å²) >= 11 is 0. The van der Waals surface area contributed by atoms with E-state index in [1.54, 1.807) is 13.8 Å². The first-order valence-electron chi connectivity index (χ1n) is 7.94. The summed E-state index contributed by atoms with van der Waals surface area (Å²) < 4.78 is 9.89. The molecule has 1 atom stereocenters. The van der Waals surface area contributed by atoms with Crippen LogP contribution in [0.2, 0.25) is 0 Å². The zero-order chi connectivity index (χ0) is 18.0. The number of carbonyl (C=O) groups is 2. The van der Waals surface area contributed by atoms with Gasteiger partial charge >= 0.3 is 12.1 Å². The van der Waals surface area contributed by atoms with E-state index in [-0.39, 0.29) is 6.42 Å². The van der Waals surface area contributed by atoms with E-state index in [4.69, 9.17) is 15.2 Å². The molecule has 0 saturated carbocycles.